The molecule has 0 unspecified atom stereocenters. The van der Waals surface area contributed by atoms with Crippen LogP contribution >= 0.6 is 0 Å². The molecule has 158 valence electrons. The summed E-state index contributed by atoms with van der Waals surface area (Å²) in [6.07, 6.45) is 6.07. The summed E-state index contributed by atoms with van der Waals surface area (Å²) in [5.74, 6) is 0.607. The Hall–Kier alpha value is -2.08. The van der Waals surface area contributed by atoms with Crippen molar-refractivity contribution >= 4 is 12.0 Å². The van der Waals surface area contributed by atoms with Crippen molar-refractivity contribution in [2.24, 2.45) is 5.92 Å². The third kappa shape index (κ3) is 5.10. The van der Waals surface area contributed by atoms with Crippen LogP contribution in [0.4, 0.5) is 4.79 Å². The number of benzene rings is 1. The smallest absolute Gasteiger partial charge is 0.410 e. The minimum absolute atomic E-state index is 0.206. The van der Waals surface area contributed by atoms with Gasteiger partial charge in [0.15, 0.2) is 0 Å². The first kappa shape index (κ1) is 20.2. The van der Waals surface area contributed by atoms with Gasteiger partial charge in [0.1, 0.15) is 6.61 Å². The normalized spacial score (nSPS) is 22.1. The van der Waals surface area contributed by atoms with Crippen LogP contribution in [0.1, 0.15) is 44.1 Å². The number of likely N-dealkylation sites (tertiary alicyclic amines) is 3. The Bertz CT molecular complexity index is 674. The summed E-state index contributed by atoms with van der Waals surface area (Å²) in [4.78, 5) is 31.4. The number of ether oxygens (including phenoxy) is 1. The van der Waals surface area contributed by atoms with Crippen LogP contribution in [0, 0.1) is 5.92 Å². The minimum Gasteiger partial charge on any atom is -0.445 e. The molecule has 1 aromatic rings. The van der Waals surface area contributed by atoms with Crippen molar-refractivity contribution in [1.29, 1.82) is 0 Å². The molecule has 0 saturated carbocycles. The molecule has 0 spiro atoms. The number of carbonyl (C=O) groups excluding carboxylic acids is 2. The van der Waals surface area contributed by atoms with Crippen LogP contribution in [-0.2, 0) is 16.1 Å². The highest BCUT2D eigenvalue weighted by Crippen LogP contribution is 2.26. The zero-order chi connectivity index (χ0) is 20.1. The van der Waals surface area contributed by atoms with Crippen molar-refractivity contribution in [3.8, 4) is 0 Å². The van der Waals surface area contributed by atoms with E-state index < -0.39 is 0 Å². The lowest BCUT2D eigenvalue weighted by Crippen LogP contribution is -2.50. The molecule has 3 saturated heterocycles. The molecule has 3 fully saturated rings. The van der Waals surface area contributed by atoms with Gasteiger partial charge < -0.3 is 19.4 Å². The van der Waals surface area contributed by atoms with Crippen LogP contribution in [0.25, 0.3) is 0 Å². The molecule has 3 heterocycles. The average Bonchev–Trinajstić information content (AvgIpc) is 3.33. The van der Waals surface area contributed by atoms with Gasteiger partial charge in [-0.15, -0.1) is 0 Å². The van der Waals surface area contributed by atoms with E-state index in [0.717, 1.165) is 83.4 Å². The van der Waals surface area contributed by atoms with E-state index in [4.69, 9.17) is 4.74 Å². The Morgan fingerprint density at radius 3 is 2.14 bits per heavy atom. The second kappa shape index (κ2) is 9.61. The zero-order valence-corrected chi connectivity index (χ0v) is 17.3. The molecule has 3 aliphatic heterocycles. The van der Waals surface area contributed by atoms with Crippen molar-refractivity contribution in [2.75, 3.05) is 39.3 Å². The molecule has 3 aliphatic rings. The van der Waals surface area contributed by atoms with Crippen LogP contribution in [0.5, 0.6) is 0 Å². The Kier molecular flexibility index (Phi) is 6.70. The number of piperidine rings is 2. The number of hydrogen-bond donors (Lipinski definition) is 0. The van der Waals surface area contributed by atoms with Gasteiger partial charge in [0, 0.05) is 38.1 Å². The molecule has 0 aliphatic carbocycles. The first-order chi connectivity index (χ1) is 14.2. The highest BCUT2D eigenvalue weighted by Gasteiger charge is 2.33. The van der Waals surface area contributed by atoms with Crippen molar-refractivity contribution in [3.63, 3.8) is 0 Å². The standard InChI is InChI=1S/C23H33N3O3/c27-22(25-12-4-5-13-25)20-8-14-24(15-9-20)21-10-16-26(17-11-21)23(28)29-18-19-6-2-1-3-7-19/h1-3,6-7,20-21H,4-5,8-18H2. The predicted molar refractivity (Wildman–Crippen MR) is 111 cm³/mol. The molecule has 0 bridgehead atoms. The largest absolute Gasteiger partial charge is 0.445 e. The van der Waals surface area contributed by atoms with Crippen LogP contribution < -0.4 is 0 Å². The molecule has 29 heavy (non-hydrogen) atoms. The lowest BCUT2D eigenvalue weighted by atomic mass is 9.92. The van der Waals surface area contributed by atoms with Crippen molar-refractivity contribution in [1.82, 2.24) is 14.7 Å². The Balaban J connectivity index is 1.17. The van der Waals surface area contributed by atoms with E-state index in [1.807, 2.05) is 35.2 Å². The number of hydrogen-bond acceptors (Lipinski definition) is 4. The van der Waals surface area contributed by atoms with E-state index >= 15 is 0 Å². The van der Waals surface area contributed by atoms with Gasteiger partial charge in [-0.25, -0.2) is 4.79 Å². The summed E-state index contributed by atoms with van der Waals surface area (Å²) in [6.45, 7) is 5.77. The molecule has 6 nitrogen and oxygen atoms in total. The van der Waals surface area contributed by atoms with Crippen LogP contribution in [0.15, 0.2) is 30.3 Å². The fourth-order valence-electron chi connectivity index (χ4n) is 4.93. The van der Waals surface area contributed by atoms with Gasteiger partial charge in [0.25, 0.3) is 0 Å². The minimum atomic E-state index is -0.206. The highest BCUT2D eigenvalue weighted by molar-refractivity contribution is 5.79. The fraction of sp³-hybridized carbons (Fsp3) is 0.652. The summed E-state index contributed by atoms with van der Waals surface area (Å²) in [5.41, 5.74) is 1.02. The quantitative estimate of drug-likeness (QED) is 0.781. The van der Waals surface area contributed by atoms with Crippen molar-refractivity contribution in [2.45, 2.75) is 51.2 Å². The van der Waals surface area contributed by atoms with E-state index in [1.54, 1.807) is 0 Å². The molecule has 0 aromatic heterocycles. The number of nitrogens with zero attached hydrogens (tertiary/aromatic N) is 3. The van der Waals surface area contributed by atoms with Gasteiger partial charge >= 0.3 is 6.09 Å². The zero-order valence-electron chi connectivity index (χ0n) is 17.3. The van der Waals surface area contributed by atoms with Crippen molar-refractivity contribution < 1.29 is 14.3 Å². The van der Waals surface area contributed by atoms with E-state index in [1.165, 1.54) is 0 Å². The number of rotatable bonds is 4. The fourth-order valence-corrected chi connectivity index (χ4v) is 4.93. The third-order valence-electron chi connectivity index (χ3n) is 6.74. The lowest BCUT2D eigenvalue weighted by Gasteiger charge is -2.41. The van der Waals surface area contributed by atoms with Gasteiger partial charge in [-0.3, -0.25) is 4.79 Å². The second-order valence-corrected chi connectivity index (χ2v) is 8.60. The molecule has 1 aromatic carbocycles. The molecule has 4 rings (SSSR count). The summed E-state index contributed by atoms with van der Waals surface area (Å²) in [6, 6.07) is 10.3. The first-order valence-electron chi connectivity index (χ1n) is 11.2. The van der Waals surface area contributed by atoms with Gasteiger partial charge in [-0.05, 0) is 57.2 Å². The van der Waals surface area contributed by atoms with Crippen molar-refractivity contribution in [3.05, 3.63) is 35.9 Å². The SMILES string of the molecule is O=C(OCc1ccccc1)N1CCC(N2CCC(C(=O)N3CCCC3)CC2)CC1. The Morgan fingerprint density at radius 1 is 0.828 bits per heavy atom. The van der Waals surface area contributed by atoms with Crippen LogP contribution in [0.2, 0.25) is 0 Å². The summed E-state index contributed by atoms with van der Waals surface area (Å²) < 4.78 is 5.47. The molecular weight excluding hydrogens is 366 g/mol. The first-order valence-corrected chi connectivity index (χ1v) is 11.2. The average molecular weight is 400 g/mol. The van der Waals surface area contributed by atoms with Gasteiger partial charge in [-0.1, -0.05) is 30.3 Å². The predicted octanol–water partition coefficient (Wildman–Crippen LogP) is 3.12. The molecule has 0 radical (unpaired) electrons. The summed E-state index contributed by atoms with van der Waals surface area (Å²) in [7, 11) is 0. The maximum absolute atomic E-state index is 12.6. The number of carbonyl (C=O) groups is 2. The van der Waals surface area contributed by atoms with Gasteiger partial charge in [0.2, 0.25) is 5.91 Å². The Labute approximate surface area is 173 Å². The molecule has 0 atom stereocenters. The Morgan fingerprint density at radius 2 is 1.48 bits per heavy atom. The van der Waals surface area contributed by atoms with E-state index in [0.29, 0.717) is 18.6 Å². The maximum Gasteiger partial charge on any atom is 0.410 e. The van der Waals surface area contributed by atoms with Crippen LogP contribution in [-0.4, -0.2) is 72.0 Å². The maximum atomic E-state index is 12.6. The van der Waals surface area contributed by atoms with Gasteiger partial charge in [0.05, 0.1) is 0 Å². The van der Waals surface area contributed by atoms with E-state index in [9.17, 15) is 9.59 Å². The monoisotopic (exact) mass is 399 g/mol. The lowest BCUT2D eigenvalue weighted by molar-refractivity contribution is -0.136. The second-order valence-electron chi connectivity index (χ2n) is 8.60. The number of amides is 2. The van der Waals surface area contributed by atoms with E-state index in [2.05, 4.69) is 9.80 Å². The summed E-state index contributed by atoms with van der Waals surface area (Å²) in [5, 5.41) is 0. The van der Waals surface area contributed by atoms with Gasteiger partial charge in [-0.2, -0.15) is 0 Å². The summed E-state index contributed by atoms with van der Waals surface area (Å²) >= 11 is 0. The topological polar surface area (TPSA) is 53.1 Å². The van der Waals surface area contributed by atoms with E-state index in [-0.39, 0.29) is 12.0 Å². The third-order valence-corrected chi connectivity index (χ3v) is 6.74. The molecule has 2 amide bonds. The molecule has 6 heteroatoms. The molecular formula is C23H33N3O3. The van der Waals surface area contributed by atoms with Crippen LogP contribution in [0.3, 0.4) is 0 Å². The highest BCUT2D eigenvalue weighted by atomic mass is 16.6. The molecule has 0 N–H and O–H groups in total.